The Balaban J connectivity index is 2.30. The van der Waals surface area contributed by atoms with Gasteiger partial charge in [0.05, 0.1) is 11.8 Å². The molecule has 102 valence electrons. The Hall–Kier alpha value is -1.04. The van der Waals surface area contributed by atoms with Gasteiger partial charge in [-0.05, 0) is 32.6 Å². The molecule has 18 heavy (non-hydrogen) atoms. The molecule has 0 atom stereocenters. The number of rotatable bonds is 1. The smallest absolute Gasteiger partial charge is 0.393 e. The van der Waals surface area contributed by atoms with E-state index in [0.29, 0.717) is 31.5 Å². The molecule has 1 fully saturated rings. The average Bonchev–Trinajstić information content (AvgIpc) is 2.54. The lowest BCUT2D eigenvalue weighted by atomic mass is 9.87. The van der Waals surface area contributed by atoms with Crippen LogP contribution in [0, 0.1) is 6.92 Å². The van der Waals surface area contributed by atoms with Crippen LogP contribution >= 0.6 is 0 Å². The molecule has 0 bridgehead atoms. The Bertz CT molecular complexity index is 431. The van der Waals surface area contributed by atoms with Gasteiger partial charge in [0.2, 0.25) is 0 Å². The number of hydrogen-bond donors (Lipinski definition) is 1. The molecule has 1 heterocycles. The summed E-state index contributed by atoms with van der Waals surface area (Å²) < 4.78 is 39.7. The van der Waals surface area contributed by atoms with E-state index in [1.807, 2.05) is 0 Å². The fourth-order valence-electron chi connectivity index (χ4n) is 2.75. The number of aliphatic hydroxyl groups is 1. The van der Waals surface area contributed by atoms with E-state index >= 15 is 0 Å². The maximum Gasteiger partial charge on any atom is 0.433 e. The van der Waals surface area contributed by atoms with E-state index < -0.39 is 11.9 Å². The third-order valence-corrected chi connectivity index (χ3v) is 3.63. The Morgan fingerprint density at radius 2 is 1.78 bits per heavy atom. The Labute approximate surface area is 104 Å². The molecular weight excluding hydrogens is 245 g/mol. The summed E-state index contributed by atoms with van der Waals surface area (Å²) in [5.74, 6) is 0.514. The third kappa shape index (κ3) is 2.39. The predicted octanol–water partition coefficient (Wildman–Crippen LogP) is 2.77. The Kier molecular flexibility index (Phi) is 3.40. The lowest BCUT2D eigenvalue weighted by molar-refractivity contribution is -0.143. The first kappa shape index (κ1) is 13.4. The number of imidazole rings is 1. The number of aliphatic hydroxyl groups excluding tert-OH is 1. The molecule has 0 aromatic carbocycles. The number of aryl methyl sites for hydroxylation is 1. The van der Waals surface area contributed by atoms with Gasteiger partial charge in [0.1, 0.15) is 11.5 Å². The molecule has 2 rings (SSSR count). The molecule has 1 aliphatic carbocycles. The van der Waals surface area contributed by atoms with Crippen molar-refractivity contribution in [3.8, 4) is 0 Å². The SMILES string of the molecule is Cc1nc(C2CCC(O)CC2)n(C)c1C(F)(F)F. The minimum atomic E-state index is -4.36. The summed E-state index contributed by atoms with van der Waals surface area (Å²) in [4.78, 5) is 4.09. The van der Waals surface area contributed by atoms with Crippen LogP contribution in [0.5, 0.6) is 0 Å². The van der Waals surface area contributed by atoms with Crippen LogP contribution in [0.1, 0.15) is 48.8 Å². The van der Waals surface area contributed by atoms with Gasteiger partial charge < -0.3 is 9.67 Å². The van der Waals surface area contributed by atoms with Crippen molar-refractivity contribution in [3.05, 3.63) is 17.2 Å². The van der Waals surface area contributed by atoms with E-state index in [1.54, 1.807) is 0 Å². The van der Waals surface area contributed by atoms with Crippen LogP contribution in [0.15, 0.2) is 0 Å². The van der Waals surface area contributed by atoms with Crippen molar-refractivity contribution in [2.24, 2.45) is 7.05 Å². The van der Waals surface area contributed by atoms with Crippen LogP contribution < -0.4 is 0 Å². The molecule has 1 aliphatic rings. The Morgan fingerprint density at radius 3 is 2.22 bits per heavy atom. The van der Waals surface area contributed by atoms with Crippen molar-refractivity contribution in [1.29, 1.82) is 0 Å². The lowest BCUT2D eigenvalue weighted by Gasteiger charge is -2.25. The number of hydrogen-bond acceptors (Lipinski definition) is 2. The van der Waals surface area contributed by atoms with Crippen molar-refractivity contribution in [3.63, 3.8) is 0 Å². The van der Waals surface area contributed by atoms with E-state index in [0.717, 1.165) is 4.57 Å². The molecule has 0 radical (unpaired) electrons. The minimum Gasteiger partial charge on any atom is -0.393 e. The van der Waals surface area contributed by atoms with Gasteiger partial charge in [-0.15, -0.1) is 0 Å². The topological polar surface area (TPSA) is 38.1 Å². The van der Waals surface area contributed by atoms with Crippen molar-refractivity contribution >= 4 is 0 Å². The lowest BCUT2D eigenvalue weighted by Crippen LogP contribution is -2.20. The van der Waals surface area contributed by atoms with E-state index in [-0.39, 0.29) is 17.7 Å². The highest BCUT2D eigenvalue weighted by atomic mass is 19.4. The van der Waals surface area contributed by atoms with Crippen molar-refractivity contribution in [2.75, 3.05) is 0 Å². The van der Waals surface area contributed by atoms with Gasteiger partial charge in [-0.25, -0.2) is 4.98 Å². The first-order valence-corrected chi connectivity index (χ1v) is 6.09. The number of halogens is 3. The second-order valence-corrected chi connectivity index (χ2v) is 4.97. The van der Waals surface area contributed by atoms with Gasteiger partial charge in [0.25, 0.3) is 0 Å². The zero-order valence-electron chi connectivity index (χ0n) is 10.5. The van der Waals surface area contributed by atoms with Gasteiger partial charge in [-0.1, -0.05) is 0 Å². The van der Waals surface area contributed by atoms with Crippen molar-refractivity contribution in [2.45, 2.75) is 50.8 Å². The summed E-state index contributed by atoms with van der Waals surface area (Å²) in [6.45, 7) is 1.39. The molecular formula is C12H17F3N2O. The fraction of sp³-hybridized carbons (Fsp3) is 0.750. The average molecular weight is 262 g/mol. The summed E-state index contributed by atoms with van der Waals surface area (Å²) in [5, 5.41) is 9.43. The second-order valence-electron chi connectivity index (χ2n) is 4.97. The highest BCUT2D eigenvalue weighted by molar-refractivity contribution is 5.21. The highest BCUT2D eigenvalue weighted by Gasteiger charge is 2.38. The third-order valence-electron chi connectivity index (χ3n) is 3.63. The van der Waals surface area contributed by atoms with Crippen LogP contribution in [0.4, 0.5) is 13.2 Å². The molecule has 1 N–H and O–H groups in total. The van der Waals surface area contributed by atoms with Gasteiger partial charge in [0.15, 0.2) is 0 Å². The van der Waals surface area contributed by atoms with Gasteiger partial charge in [-0.2, -0.15) is 13.2 Å². The second kappa shape index (κ2) is 4.57. The molecule has 0 amide bonds. The molecule has 0 spiro atoms. The first-order chi connectivity index (χ1) is 8.30. The number of nitrogens with zero attached hydrogens (tertiary/aromatic N) is 2. The minimum absolute atomic E-state index is 0.0215. The summed E-state index contributed by atoms with van der Waals surface area (Å²) in [7, 11) is 1.42. The van der Waals surface area contributed by atoms with Gasteiger partial charge in [-0.3, -0.25) is 0 Å². The van der Waals surface area contributed by atoms with Crippen LogP contribution in [-0.4, -0.2) is 20.8 Å². The van der Waals surface area contributed by atoms with E-state index in [9.17, 15) is 18.3 Å². The molecule has 0 saturated heterocycles. The number of alkyl halides is 3. The molecule has 6 heteroatoms. The molecule has 3 nitrogen and oxygen atoms in total. The van der Waals surface area contributed by atoms with E-state index in [1.165, 1.54) is 14.0 Å². The van der Waals surface area contributed by atoms with E-state index in [2.05, 4.69) is 4.98 Å². The summed E-state index contributed by atoms with van der Waals surface area (Å²) >= 11 is 0. The van der Waals surface area contributed by atoms with Crippen LogP contribution in [-0.2, 0) is 13.2 Å². The van der Waals surface area contributed by atoms with Crippen LogP contribution in [0.25, 0.3) is 0 Å². The largest absolute Gasteiger partial charge is 0.433 e. The zero-order chi connectivity index (χ0) is 13.5. The highest BCUT2D eigenvalue weighted by Crippen LogP contribution is 2.37. The monoisotopic (exact) mass is 262 g/mol. The van der Waals surface area contributed by atoms with E-state index in [4.69, 9.17) is 0 Å². The standard InChI is InChI=1S/C12H17F3N2O/c1-7-10(12(13,14)15)17(2)11(16-7)8-3-5-9(18)6-4-8/h8-9,18H,3-6H2,1-2H3. The van der Waals surface area contributed by atoms with Gasteiger partial charge in [0, 0.05) is 13.0 Å². The zero-order valence-corrected chi connectivity index (χ0v) is 10.5. The summed E-state index contributed by atoms with van der Waals surface area (Å²) in [5.41, 5.74) is -0.630. The normalized spacial score (nSPS) is 25.4. The van der Waals surface area contributed by atoms with Gasteiger partial charge >= 0.3 is 6.18 Å². The summed E-state index contributed by atoms with van der Waals surface area (Å²) in [6, 6.07) is 0. The van der Waals surface area contributed by atoms with Crippen molar-refractivity contribution < 1.29 is 18.3 Å². The first-order valence-electron chi connectivity index (χ1n) is 6.09. The molecule has 0 aliphatic heterocycles. The van der Waals surface area contributed by atoms with Crippen molar-refractivity contribution in [1.82, 2.24) is 9.55 Å². The van der Waals surface area contributed by atoms with Crippen LogP contribution in [0.2, 0.25) is 0 Å². The Morgan fingerprint density at radius 1 is 1.22 bits per heavy atom. The quantitative estimate of drug-likeness (QED) is 0.845. The predicted molar refractivity (Wildman–Crippen MR) is 60.2 cm³/mol. The molecule has 1 saturated carbocycles. The summed E-state index contributed by atoms with van der Waals surface area (Å²) in [6.07, 6.45) is -2.01. The molecule has 1 aromatic heterocycles. The number of aromatic nitrogens is 2. The van der Waals surface area contributed by atoms with Crippen LogP contribution in [0.3, 0.4) is 0 Å². The molecule has 0 unspecified atom stereocenters. The maximum absolute atomic E-state index is 12.9. The molecule has 1 aromatic rings. The maximum atomic E-state index is 12.9. The fourth-order valence-corrected chi connectivity index (χ4v) is 2.75.